The van der Waals surface area contributed by atoms with E-state index in [0.29, 0.717) is 6.42 Å². The average Bonchev–Trinajstić information content (AvgIpc) is 2.30. The van der Waals surface area contributed by atoms with Gasteiger partial charge in [0.25, 0.3) is 0 Å². The van der Waals surface area contributed by atoms with Crippen LogP contribution in [0.4, 0.5) is 0 Å². The number of carbonyl (C=O) groups excluding carboxylic acids is 1. The third kappa shape index (κ3) is 3.66. The highest BCUT2D eigenvalue weighted by atomic mass is 16.6. The van der Waals surface area contributed by atoms with Crippen molar-refractivity contribution in [3.63, 3.8) is 0 Å². The first-order valence-corrected chi connectivity index (χ1v) is 5.72. The van der Waals surface area contributed by atoms with Crippen LogP contribution < -0.4 is 0 Å². The molecule has 0 N–H and O–H groups in total. The van der Waals surface area contributed by atoms with Crippen molar-refractivity contribution in [3.8, 4) is 0 Å². The molecule has 0 saturated carbocycles. The molecule has 0 amide bonds. The van der Waals surface area contributed by atoms with Crippen molar-refractivity contribution in [1.82, 2.24) is 0 Å². The van der Waals surface area contributed by atoms with Gasteiger partial charge in [-0.05, 0) is 18.9 Å². The molecule has 0 radical (unpaired) electrons. The second-order valence-corrected chi connectivity index (χ2v) is 4.24. The Balaban J connectivity index is 3.00. The van der Waals surface area contributed by atoms with Gasteiger partial charge in [-0.3, -0.25) is 10.1 Å². The topological polar surface area (TPSA) is 60.2 Å². The first-order valence-electron chi connectivity index (χ1n) is 5.72. The molecule has 0 aliphatic heterocycles. The Morgan fingerprint density at radius 1 is 1.35 bits per heavy atom. The summed E-state index contributed by atoms with van der Waals surface area (Å²) in [6.45, 7) is 3.64. The number of carbonyl (C=O) groups is 1. The van der Waals surface area contributed by atoms with Crippen molar-refractivity contribution >= 4 is 6.29 Å². The second kappa shape index (κ2) is 6.13. The van der Waals surface area contributed by atoms with Gasteiger partial charge in [-0.1, -0.05) is 36.8 Å². The van der Waals surface area contributed by atoms with E-state index >= 15 is 0 Å². The number of hydrogen-bond acceptors (Lipinski definition) is 3. The number of nitrogens with zero attached hydrogens (tertiary/aromatic N) is 1. The van der Waals surface area contributed by atoms with Crippen LogP contribution in [0.2, 0.25) is 0 Å². The number of benzene rings is 1. The second-order valence-electron chi connectivity index (χ2n) is 4.24. The Morgan fingerprint density at radius 2 is 1.94 bits per heavy atom. The number of hydrogen-bond donors (Lipinski definition) is 0. The highest BCUT2D eigenvalue weighted by molar-refractivity contribution is 5.56. The first-order chi connectivity index (χ1) is 8.08. The molecule has 4 heteroatoms. The summed E-state index contributed by atoms with van der Waals surface area (Å²) in [5.41, 5.74) is 1.97. The van der Waals surface area contributed by atoms with E-state index in [1.54, 1.807) is 0 Å². The minimum Gasteiger partial charge on any atom is -0.303 e. The normalized spacial score (nSPS) is 14.0. The van der Waals surface area contributed by atoms with Gasteiger partial charge < -0.3 is 4.79 Å². The Kier molecular flexibility index (Phi) is 4.82. The van der Waals surface area contributed by atoms with E-state index in [4.69, 9.17) is 0 Å². The highest BCUT2D eigenvalue weighted by Gasteiger charge is 2.26. The third-order valence-corrected chi connectivity index (χ3v) is 3.01. The summed E-state index contributed by atoms with van der Waals surface area (Å²) in [5.74, 6) is -0.615. The zero-order chi connectivity index (χ0) is 12.8. The summed E-state index contributed by atoms with van der Waals surface area (Å²) < 4.78 is 0. The Labute approximate surface area is 101 Å². The molecule has 1 rings (SSSR count). The fourth-order valence-electron chi connectivity index (χ4n) is 1.94. The van der Waals surface area contributed by atoms with Crippen molar-refractivity contribution in [2.24, 2.45) is 5.92 Å². The van der Waals surface area contributed by atoms with Crippen LogP contribution in [0.25, 0.3) is 0 Å². The molecule has 1 aromatic rings. The van der Waals surface area contributed by atoms with Crippen LogP contribution in [-0.4, -0.2) is 17.8 Å². The van der Waals surface area contributed by atoms with Gasteiger partial charge in [0.05, 0.1) is 5.92 Å². The molecule has 1 aromatic carbocycles. The van der Waals surface area contributed by atoms with Gasteiger partial charge in [0.2, 0.25) is 6.54 Å². The smallest absolute Gasteiger partial charge is 0.211 e. The molecule has 2 atom stereocenters. The van der Waals surface area contributed by atoms with E-state index < -0.39 is 0 Å². The summed E-state index contributed by atoms with van der Waals surface area (Å²) in [4.78, 5) is 21.3. The van der Waals surface area contributed by atoms with Crippen molar-refractivity contribution < 1.29 is 9.72 Å². The Morgan fingerprint density at radius 3 is 2.35 bits per heavy atom. The van der Waals surface area contributed by atoms with E-state index in [1.807, 2.05) is 38.1 Å². The van der Waals surface area contributed by atoms with Crippen LogP contribution in [0.15, 0.2) is 24.3 Å². The largest absolute Gasteiger partial charge is 0.303 e. The van der Waals surface area contributed by atoms with Crippen LogP contribution >= 0.6 is 0 Å². The number of rotatable bonds is 6. The van der Waals surface area contributed by atoms with Crippen LogP contribution in [0, 0.1) is 23.0 Å². The standard InChI is InChI=1S/C13H17NO3/c1-3-11(9-15)13(8-14(16)17)12-6-4-10(2)5-7-12/h4-7,9,11,13H,3,8H2,1-2H3/t11-,13-/m0/s1. The SMILES string of the molecule is CC[C@@H](C=O)[C@H](C[N+](=O)[O-])c1ccc(C)cc1. The van der Waals surface area contributed by atoms with E-state index in [0.717, 1.165) is 17.4 Å². The van der Waals surface area contributed by atoms with Crippen LogP contribution in [-0.2, 0) is 4.79 Å². The monoisotopic (exact) mass is 235 g/mol. The summed E-state index contributed by atoms with van der Waals surface area (Å²) >= 11 is 0. The fourth-order valence-corrected chi connectivity index (χ4v) is 1.94. The quantitative estimate of drug-likeness (QED) is 0.432. The van der Waals surface area contributed by atoms with Gasteiger partial charge in [-0.15, -0.1) is 0 Å². The summed E-state index contributed by atoms with van der Waals surface area (Å²) in [5, 5.41) is 10.7. The van der Waals surface area contributed by atoms with Gasteiger partial charge in [0.1, 0.15) is 6.29 Å². The summed E-state index contributed by atoms with van der Waals surface area (Å²) in [7, 11) is 0. The molecule has 0 aliphatic rings. The lowest BCUT2D eigenvalue weighted by Gasteiger charge is -2.18. The van der Waals surface area contributed by atoms with Crippen molar-refractivity contribution in [2.45, 2.75) is 26.2 Å². The van der Waals surface area contributed by atoms with E-state index in [2.05, 4.69) is 0 Å². The molecular formula is C13H17NO3. The lowest BCUT2D eigenvalue weighted by atomic mass is 9.85. The lowest BCUT2D eigenvalue weighted by Crippen LogP contribution is -2.22. The van der Waals surface area contributed by atoms with E-state index in [9.17, 15) is 14.9 Å². The Bertz CT molecular complexity index is 386. The average molecular weight is 235 g/mol. The molecule has 0 fully saturated rings. The molecular weight excluding hydrogens is 218 g/mol. The van der Waals surface area contributed by atoms with E-state index in [1.165, 1.54) is 0 Å². The maximum Gasteiger partial charge on any atom is 0.211 e. The minimum absolute atomic E-state index is 0.194. The van der Waals surface area contributed by atoms with Gasteiger partial charge in [-0.25, -0.2) is 0 Å². The van der Waals surface area contributed by atoms with Crippen molar-refractivity contribution in [3.05, 3.63) is 45.5 Å². The molecule has 0 aromatic heterocycles. The highest BCUT2D eigenvalue weighted by Crippen LogP contribution is 2.26. The Hall–Kier alpha value is -1.71. The maximum absolute atomic E-state index is 11.0. The molecule has 0 heterocycles. The first kappa shape index (κ1) is 13.4. The zero-order valence-corrected chi connectivity index (χ0v) is 10.1. The van der Waals surface area contributed by atoms with Gasteiger partial charge >= 0.3 is 0 Å². The molecule has 0 saturated heterocycles. The molecule has 92 valence electrons. The van der Waals surface area contributed by atoms with E-state index in [-0.39, 0.29) is 23.3 Å². The molecule has 17 heavy (non-hydrogen) atoms. The minimum atomic E-state index is -0.351. The third-order valence-electron chi connectivity index (χ3n) is 3.01. The van der Waals surface area contributed by atoms with Crippen LogP contribution in [0.3, 0.4) is 0 Å². The zero-order valence-electron chi connectivity index (χ0n) is 10.1. The molecule has 0 spiro atoms. The van der Waals surface area contributed by atoms with Gasteiger partial charge in [0.15, 0.2) is 0 Å². The van der Waals surface area contributed by atoms with Gasteiger partial charge in [-0.2, -0.15) is 0 Å². The molecule has 0 bridgehead atoms. The summed E-state index contributed by atoms with van der Waals surface area (Å²) in [6, 6.07) is 7.57. The van der Waals surface area contributed by atoms with Gasteiger partial charge in [0, 0.05) is 10.8 Å². The number of aryl methyl sites for hydroxylation is 1. The van der Waals surface area contributed by atoms with Crippen molar-refractivity contribution in [2.75, 3.05) is 6.54 Å². The predicted octanol–water partition coefficient (Wildman–Crippen LogP) is 2.58. The molecule has 0 unspecified atom stereocenters. The van der Waals surface area contributed by atoms with Crippen LogP contribution in [0.1, 0.15) is 30.4 Å². The lowest BCUT2D eigenvalue weighted by molar-refractivity contribution is -0.484. The van der Waals surface area contributed by atoms with Crippen molar-refractivity contribution in [1.29, 1.82) is 0 Å². The summed E-state index contributed by atoms with van der Waals surface area (Å²) in [6.07, 6.45) is 1.45. The predicted molar refractivity (Wildman–Crippen MR) is 65.6 cm³/mol. The molecule has 0 aliphatic carbocycles. The fraction of sp³-hybridized carbons (Fsp3) is 0.462. The van der Waals surface area contributed by atoms with Crippen LogP contribution in [0.5, 0.6) is 0 Å². The number of nitro groups is 1. The number of aldehydes is 1. The maximum atomic E-state index is 11.0. The molecule has 4 nitrogen and oxygen atoms in total.